The molecular formula is C19H24ClN3O2. The first kappa shape index (κ1) is 20.5. The van der Waals surface area contributed by atoms with Gasteiger partial charge in [0.1, 0.15) is 0 Å². The average molecular weight is 362 g/mol. The van der Waals surface area contributed by atoms with Crippen LogP contribution in [0.15, 0.2) is 42.5 Å². The SMILES string of the molecule is Cc1ccc(N)cc1C(=O)Nc1cccc(C(=O)NC(C)(C)C)c1.Cl. The summed E-state index contributed by atoms with van der Waals surface area (Å²) in [5.41, 5.74) is 8.36. The molecule has 0 fully saturated rings. The number of benzene rings is 2. The van der Waals surface area contributed by atoms with Crippen molar-refractivity contribution in [3.05, 3.63) is 59.2 Å². The molecule has 0 radical (unpaired) electrons. The fraction of sp³-hybridized carbons (Fsp3) is 0.263. The van der Waals surface area contributed by atoms with Crippen LogP contribution in [0.1, 0.15) is 47.1 Å². The molecule has 6 heteroatoms. The second kappa shape index (κ2) is 8.03. The Morgan fingerprint density at radius 3 is 2.32 bits per heavy atom. The highest BCUT2D eigenvalue weighted by molar-refractivity contribution is 6.06. The Hall–Kier alpha value is -2.53. The molecule has 134 valence electrons. The third-order valence-corrected chi connectivity index (χ3v) is 3.38. The molecule has 0 aliphatic carbocycles. The predicted octanol–water partition coefficient (Wildman–Crippen LogP) is 3.78. The third-order valence-electron chi connectivity index (χ3n) is 3.38. The van der Waals surface area contributed by atoms with Gasteiger partial charge in [-0.15, -0.1) is 12.4 Å². The minimum absolute atomic E-state index is 0. The van der Waals surface area contributed by atoms with Crippen LogP contribution in [0.3, 0.4) is 0 Å². The van der Waals surface area contributed by atoms with Crippen molar-refractivity contribution in [2.24, 2.45) is 0 Å². The number of hydrogen-bond acceptors (Lipinski definition) is 3. The number of aryl methyl sites for hydroxylation is 1. The van der Waals surface area contributed by atoms with E-state index < -0.39 is 0 Å². The van der Waals surface area contributed by atoms with Crippen LogP contribution in [0.4, 0.5) is 11.4 Å². The lowest BCUT2D eigenvalue weighted by atomic mass is 10.1. The summed E-state index contributed by atoms with van der Waals surface area (Å²) >= 11 is 0. The van der Waals surface area contributed by atoms with Gasteiger partial charge in [-0.05, 0) is 63.6 Å². The van der Waals surface area contributed by atoms with Gasteiger partial charge in [-0.3, -0.25) is 9.59 Å². The van der Waals surface area contributed by atoms with Gasteiger partial charge in [0.2, 0.25) is 0 Å². The lowest BCUT2D eigenvalue weighted by Crippen LogP contribution is -2.40. The molecule has 0 aromatic heterocycles. The number of nitrogens with one attached hydrogen (secondary N) is 2. The first-order chi connectivity index (χ1) is 11.2. The van der Waals surface area contributed by atoms with Crippen LogP contribution in [-0.4, -0.2) is 17.4 Å². The highest BCUT2D eigenvalue weighted by Gasteiger charge is 2.16. The maximum Gasteiger partial charge on any atom is 0.256 e. The Morgan fingerprint density at radius 1 is 1.00 bits per heavy atom. The van der Waals surface area contributed by atoms with Crippen LogP contribution in [0.25, 0.3) is 0 Å². The van der Waals surface area contributed by atoms with E-state index in [9.17, 15) is 9.59 Å². The summed E-state index contributed by atoms with van der Waals surface area (Å²) in [7, 11) is 0. The number of carbonyl (C=O) groups excluding carboxylic acids is 2. The van der Waals surface area contributed by atoms with E-state index in [1.54, 1.807) is 42.5 Å². The Balaban J connectivity index is 0.00000312. The highest BCUT2D eigenvalue weighted by atomic mass is 35.5. The molecule has 0 saturated carbocycles. The molecule has 0 bridgehead atoms. The van der Waals surface area contributed by atoms with Gasteiger partial charge in [0.15, 0.2) is 0 Å². The minimum atomic E-state index is -0.324. The Morgan fingerprint density at radius 2 is 1.68 bits per heavy atom. The van der Waals surface area contributed by atoms with E-state index in [0.717, 1.165) is 5.56 Å². The molecule has 2 rings (SSSR count). The number of nitrogen functional groups attached to an aromatic ring is 1. The van der Waals surface area contributed by atoms with Crippen molar-refractivity contribution in [1.82, 2.24) is 5.32 Å². The maximum absolute atomic E-state index is 12.4. The average Bonchev–Trinajstić information content (AvgIpc) is 2.48. The van der Waals surface area contributed by atoms with Crippen molar-refractivity contribution in [3.63, 3.8) is 0 Å². The van der Waals surface area contributed by atoms with E-state index in [-0.39, 0.29) is 29.8 Å². The summed E-state index contributed by atoms with van der Waals surface area (Å²) < 4.78 is 0. The van der Waals surface area contributed by atoms with Gasteiger partial charge < -0.3 is 16.4 Å². The molecular weight excluding hydrogens is 338 g/mol. The van der Waals surface area contributed by atoms with Gasteiger partial charge in [-0.2, -0.15) is 0 Å². The van der Waals surface area contributed by atoms with Crippen molar-refractivity contribution in [3.8, 4) is 0 Å². The summed E-state index contributed by atoms with van der Waals surface area (Å²) in [6, 6.07) is 12.0. The van der Waals surface area contributed by atoms with Gasteiger partial charge in [0.05, 0.1) is 0 Å². The molecule has 4 N–H and O–H groups in total. The van der Waals surface area contributed by atoms with Crippen molar-refractivity contribution in [1.29, 1.82) is 0 Å². The number of carbonyl (C=O) groups is 2. The van der Waals surface area contributed by atoms with Crippen molar-refractivity contribution in [2.45, 2.75) is 33.2 Å². The second-order valence-corrected chi connectivity index (χ2v) is 6.81. The molecule has 2 aromatic rings. The molecule has 2 amide bonds. The summed E-state index contributed by atoms with van der Waals surface area (Å²) in [4.78, 5) is 24.7. The number of hydrogen-bond donors (Lipinski definition) is 3. The van der Waals surface area contributed by atoms with E-state index in [1.165, 1.54) is 0 Å². The molecule has 0 unspecified atom stereocenters. The fourth-order valence-electron chi connectivity index (χ4n) is 2.23. The van der Waals surface area contributed by atoms with Crippen LogP contribution >= 0.6 is 12.4 Å². The van der Waals surface area contributed by atoms with Crippen LogP contribution in [0.2, 0.25) is 0 Å². The van der Waals surface area contributed by atoms with Crippen LogP contribution in [0.5, 0.6) is 0 Å². The standard InChI is InChI=1S/C19H23N3O2.ClH/c1-12-8-9-14(20)11-16(12)18(24)21-15-7-5-6-13(10-15)17(23)22-19(2,3)4;/h5-11H,20H2,1-4H3,(H,21,24)(H,22,23);1H. The molecule has 25 heavy (non-hydrogen) atoms. The zero-order valence-corrected chi connectivity index (χ0v) is 15.7. The summed E-state index contributed by atoms with van der Waals surface area (Å²) in [6.07, 6.45) is 0. The number of anilines is 2. The number of amides is 2. The molecule has 0 spiro atoms. The zero-order valence-electron chi connectivity index (χ0n) is 14.8. The van der Waals surface area contributed by atoms with E-state index in [0.29, 0.717) is 22.5 Å². The van der Waals surface area contributed by atoms with E-state index >= 15 is 0 Å². The van der Waals surface area contributed by atoms with E-state index in [2.05, 4.69) is 10.6 Å². The Bertz CT molecular complexity index is 782. The van der Waals surface area contributed by atoms with Crippen molar-refractivity contribution >= 4 is 35.6 Å². The van der Waals surface area contributed by atoms with E-state index in [1.807, 2.05) is 27.7 Å². The van der Waals surface area contributed by atoms with Gasteiger partial charge >= 0.3 is 0 Å². The van der Waals surface area contributed by atoms with Gasteiger partial charge in [-0.25, -0.2) is 0 Å². The molecule has 5 nitrogen and oxygen atoms in total. The molecule has 2 aromatic carbocycles. The number of nitrogens with two attached hydrogens (primary N) is 1. The first-order valence-corrected chi connectivity index (χ1v) is 7.76. The maximum atomic E-state index is 12.4. The number of halogens is 1. The van der Waals surface area contributed by atoms with Crippen molar-refractivity contribution in [2.75, 3.05) is 11.1 Å². The van der Waals surface area contributed by atoms with Crippen LogP contribution in [0, 0.1) is 6.92 Å². The lowest BCUT2D eigenvalue weighted by Gasteiger charge is -2.20. The lowest BCUT2D eigenvalue weighted by molar-refractivity contribution is 0.0918. The Kier molecular flexibility index (Phi) is 6.59. The highest BCUT2D eigenvalue weighted by Crippen LogP contribution is 2.17. The zero-order chi connectivity index (χ0) is 17.9. The summed E-state index contributed by atoms with van der Waals surface area (Å²) in [6.45, 7) is 7.60. The van der Waals surface area contributed by atoms with Gasteiger partial charge in [0.25, 0.3) is 11.8 Å². The number of rotatable bonds is 3. The topological polar surface area (TPSA) is 84.2 Å². The fourth-order valence-corrected chi connectivity index (χ4v) is 2.23. The first-order valence-electron chi connectivity index (χ1n) is 7.76. The molecule has 0 saturated heterocycles. The van der Waals surface area contributed by atoms with Gasteiger partial charge in [-0.1, -0.05) is 12.1 Å². The molecule has 0 aliphatic heterocycles. The van der Waals surface area contributed by atoms with Crippen LogP contribution in [-0.2, 0) is 0 Å². The summed E-state index contributed by atoms with van der Waals surface area (Å²) in [5, 5.41) is 5.71. The minimum Gasteiger partial charge on any atom is -0.399 e. The monoisotopic (exact) mass is 361 g/mol. The predicted molar refractivity (Wildman–Crippen MR) is 104 cm³/mol. The quantitative estimate of drug-likeness (QED) is 0.727. The Labute approximate surface area is 154 Å². The normalized spacial score (nSPS) is 10.6. The molecule has 0 atom stereocenters. The third kappa shape index (κ3) is 5.80. The largest absolute Gasteiger partial charge is 0.399 e. The van der Waals surface area contributed by atoms with Gasteiger partial charge in [0, 0.05) is 28.0 Å². The van der Waals surface area contributed by atoms with E-state index in [4.69, 9.17) is 5.73 Å². The second-order valence-electron chi connectivity index (χ2n) is 6.81. The smallest absolute Gasteiger partial charge is 0.256 e. The molecule has 0 heterocycles. The van der Waals surface area contributed by atoms with Crippen molar-refractivity contribution < 1.29 is 9.59 Å². The summed E-state index contributed by atoms with van der Waals surface area (Å²) in [5.74, 6) is -0.438. The molecule has 0 aliphatic rings. The van der Waals surface area contributed by atoms with Crippen LogP contribution < -0.4 is 16.4 Å².